The molecule has 2 unspecified atom stereocenters. The highest BCUT2D eigenvalue weighted by atomic mass is 16.5. The zero-order valence-corrected chi connectivity index (χ0v) is 13.5. The minimum atomic E-state index is -0.288. The molecule has 126 valence electrons. The Labute approximate surface area is 136 Å². The molecule has 1 aromatic rings. The van der Waals surface area contributed by atoms with Crippen LogP contribution >= 0.6 is 0 Å². The molecular formula is C16H25N5O2. The second-order valence-electron chi connectivity index (χ2n) is 6.54. The fourth-order valence-corrected chi connectivity index (χ4v) is 3.27. The monoisotopic (exact) mass is 319 g/mol. The van der Waals surface area contributed by atoms with Gasteiger partial charge in [-0.15, -0.1) is 0 Å². The van der Waals surface area contributed by atoms with Crippen molar-refractivity contribution in [2.45, 2.75) is 57.7 Å². The summed E-state index contributed by atoms with van der Waals surface area (Å²) in [6.07, 6.45) is 6.46. The number of nitrogens with zero attached hydrogens (tertiary/aromatic N) is 2. The number of nitrogen functional groups attached to an aromatic ring is 2. The summed E-state index contributed by atoms with van der Waals surface area (Å²) >= 11 is 0. The van der Waals surface area contributed by atoms with Crippen molar-refractivity contribution in [2.75, 3.05) is 18.1 Å². The summed E-state index contributed by atoms with van der Waals surface area (Å²) in [7, 11) is 0. The van der Waals surface area contributed by atoms with Crippen molar-refractivity contribution in [3.05, 3.63) is 5.69 Å². The van der Waals surface area contributed by atoms with Gasteiger partial charge in [-0.05, 0) is 38.5 Å². The molecule has 0 bridgehead atoms. The number of ether oxygens (including phenoxy) is 2. The number of aromatic nitrogens is 2. The number of nitrogens with two attached hydrogens (primary N) is 2. The molecule has 2 atom stereocenters. The van der Waals surface area contributed by atoms with Gasteiger partial charge in [-0.1, -0.05) is 12.8 Å². The average molecular weight is 319 g/mol. The Bertz CT molecular complexity index is 586. The Balaban J connectivity index is 1.74. The van der Waals surface area contributed by atoms with Crippen LogP contribution in [0.1, 0.15) is 51.1 Å². The van der Waals surface area contributed by atoms with Crippen LogP contribution in [0, 0.1) is 11.3 Å². The van der Waals surface area contributed by atoms with Crippen molar-refractivity contribution in [2.24, 2.45) is 5.92 Å². The second kappa shape index (κ2) is 6.70. The van der Waals surface area contributed by atoms with E-state index in [1.54, 1.807) is 0 Å². The van der Waals surface area contributed by atoms with Crippen molar-refractivity contribution in [3.8, 4) is 6.01 Å². The van der Waals surface area contributed by atoms with Gasteiger partial charge < -0.3 is 26.4 Å². The molecule has 3 rings (SSSR count). The normalized spacial score (nSPS) is 24.9. The third-order valence-corrected chi connectivity index (χ3v) is 4.69. The Morgan fingerprint density at radius 1 is 1.22 bits per heavy atom. The van der Waals surface area contributed by atoms with Crippen molar-refractivity contribution < 1.29 is 9.47 Å². The Kier molecular flexibility index (Phi) is 4.66. The highest BCUT2D eigenvalue weighted by Crippen LogP contribution is 2.28. The summed E-state index contributed by atoms with van der Waals surface area (Å²) in [4.78, 5) is 8.42. The molecule has 1 aliphatic heterocycles. The van der Waals surface area contributed by atoms with E-state index >= 15 is 0 Å². The molecular weight excluding hydrogens is 294 g/mol. The first-order chi connectivity index (χ1) is 11.0. The van der Waals surface area contributed by atoms with E-state index in [9.17, 15) is 0 Å². The van der Waals surface area contributed by atoms with Gasteiger partial charge in [-0.25, -0.2) is 0 Å². The summed E-state index contributed by atoms with van der Waals surface area (Å²) in [6.45, 7) is 2.59. The molecule has 0 aromatic carbocycles. The van der Waals surface area contributed by atoms with E-state index in [1.807, 2.05) is 6.92 Å². The molecule has 1 saturated carbocycles. The van der Waals surface area contributed by atoms with Crippen LogP contribution in [0.2, 0.25) is 0 Å². The first kappa shape index (κ1) is 16.0. The van der Waals surface area contributed by atoms with Crippen LogP contribution in [0.15, 0.2) is 0 Å². The van der Waals surface area contributed by atoms with Crippen LogP contribution in [-0.2, 0) is 4.74 Å². The van der Waals surface area contributed by atoms with Crippen LogP contribution in [0.3, 0.4) is 0 Å². The van der Waals surface area contributed by atoms with Gasteiger partial charge in [0, 0.05) is 0 Å². The molecule has 1 aromatic heterocycles. The number of hydrogen-bond acceptors (Lipinski definition) is 7. The van der Waals surface area contributed by atoms with Crippen molar-refractivity contribution in [1.82, 2.24) is 9.97 Å². The number of nitrogens with one attached hydrogen (secondary N) is 1. The van der Waals surface area contributed by atoms with Crippen LogP contribution in [0.4, 0.5) is 11.5 Å². The van der Waals surface area contributed by atoms with Crippen LogP contribution in [-0.4, -0.2) is 34.5 Å². The average Bonchev–Trinajstić information content (AvgIpc) is 3.19. The molecule has 1 aliphatic carbocycles. The van der Waals surface area contributed by atoms with E-state index in [-0.39, 0.29) is 35.4 Å². The van der Waals surface area contributed by atoms with Crippen molar-refractivity contribution in [3.63, 3.8) is 0 Å². The SMILES string of the molecule is CC1CCC(C(=N)c2nc(OCC3CCCC3)nc(N)c2N)O1. The minimum Gasteiger partial charge on any atom is -0.463 e. The van der Waals surface area contributed by atoms with E-state index in [1.165, 1.54) is 25.7 Å². The zero-order chi connectivity index (χ0) is 16.4. The van der Waals surface area contributed by atoms with Crippen LogP contribution in [0.5, 0.6) is 6.01 Å². The predicted octanol–water partition coefficient (Wildman–Crippen LogP) is 2.15. The standard InChI is InChI=1S/C16H25N5O2/c1-9-6-7-11(23-9)12(17)14-13(18)15(19)21-16(20-14)22-8-10-4-2-3-5-10/h9-11,17H,2-8,18H2,1H3,(H2,19,20,21). The summed E-state index contributed by atoms with van der Waals surface area (Å²) in [5.74, 6) is 0.714. The Morgan fingerprint density at radius 3 is 2.61 bits per heavy atom. The van der Waals surface area contributed by atoms with Gasteiger partial charge >= 0.3 is 6.01 Å². The first-order valence-electron chi connectivity index (χ1n) is 8.34. The fourth-order valence-electron chi connectivity index (χ4n) is 3.27. The number of anilines is 2. The lowest BCUT2D eigenvalue weighted by Crippen LogP contribution is -2.24. The molecule has 7 heteroatoms. The quantitative estimate of drug-likeness (QED) is 0.715. The van der Waals surface area contributed by atoms with Crippen molar-refractivity contribution in [1.29, 1.82) is 5.41 Å². The maximum atomic E-state index is 8.34. The first-order valence-corrected chi connectivity index (χ1v) is 8.34. The topological polar surface area (TPSA) is 120 Å². The third-order valence-electron chi connectivity index (χ3n) is 4.69. The molecule has 1 saturated heterocycles. The van der Waals surface area contributed by atoms with Gasteiger partial charge in [-0.3, -0.25) is 0 Å². The molecule has 0 amide bonds. The maximum Gasteiger partial charge on any atom is 0.319 e. The zero-order valence-electron chi connectivity index (χ0n) is 13.5. The van der Waals surface area contributed by atoms with E-state index in [2.05, 4.69) is 9.97 Å². The van der Waals surface area contributed by atoms with Gasteiger partial charge in [0.25, 0.3) is 0 Å². The number of hydrogen-bond donors (Lipinski definition) is 3. The predicted molar refractivity (Wildman–Crippen MR) is 88.7 cm³/mol. The molecule has 7 nitrogen and oxygen atoms in total. The number of rotatable bonds is 5. The fraction of sp³-hybridized carbons (Fsp3) is 0.688. The van der Waals surface area contributed by atoms with Crippen LogP contribution in [0.25, 0.3) is 0 Å². The minimum absolute atomic E-state index is 0.152. The van der Waals surface area contributed by atoms with Gasteiger partial charge in [0.2, 0.25) is 0 Å². The highest BCUT2D eigenvalue weighted by molar-refractivity contribution is 6.05. The van der Waals surface area contributed by atoms with E-state index in [0.29, 0.717) is 18.2 Å². The van der Waals surface area contributed by atoms with Crippen molar-refractivity contribution >= 4 is 17.2 Å². The smallest absolute Gasteiger partial charge is 0.319 e. The van der Waals surface area contributed by atoms with E-state index < -0.39 is 0 Å². The molecule has 2 fully saturated rings. The van der Waals surface area contributed by atoms with Gasteiger partial charge in [-0.2, -0.15) is 9.97 Å². The molecule has 2 aliphatic rings. The largest absolute Gasteiger partial charge is 0.463 e. The highest BCUT2D eigenvalue weighted by Gasteiger charge is 2.29. The van der Waals surface area contributed by atoms with E-state index in [4.69, 9.17) is 26.4 Å². The Morgan fingerprint density at radius 2 is 1.96 bits per heavy atom. The second-order valence-corrected chi connectivity index (χ2v) is 6.54. The lowest BCUT2D eigenvalue weighted by Gasteiger charge is -2.16. The summed E-state index contributed by atoms with van der Waals surface area (Å²) in [5.41, 5.74) is 12.7. The molecule has 0 spiro atoms. The summed E-state index contributed by atoms with van der Waals surface area (Å²) in [6, 6.07) is 0.203. The lowest BCUT2D eigenvalue weighted by molar-refractivity contribution is 0.0934. The molecule has 5 N–H and O–H groups in total. The van der Waals surface area contributed by atoms with Crippen LogP contribution < -0.4 is 16.2 Å². The summed E-state index contributed by atoms with van der Waals surface area (Å²) < 4.78 is 11.4. The van der Waals surface area contributed by atoms with Gasteiger partial charge in [0.15, 0.2) is 5.82 Å². The van der Waals surface area contributed by atoms with E-state index in [0.717, 1.165) is 12.8 Å². The van der Waals surface area contributed by atoms with Gasteiger partial charge in [0.1, 0.15) is 17.5 Å². The third kappa shape index (κ3) is 3.55. The lowest BCUT2D eigenvalue weighted by atomic mass is 10.1. The molecule has 23 heavy (non-hydrogen) atoms. The molecule has 0 radical (unpaired) electrons. The molecule has 2 heterocycles. The Hall–Kier alpha value is -1.89. The maximum absolute atomic E-state index is 8.34. The summed E-state index contributed by atoms with van der Waals surface area (Å²) in [5, 5.41) is 8.34. The van der Waals surface area contributed by atoms with Gasteiger partial charge in [0.05, 0.1) is 18.4 Å².